The molecule has 1 aliphatic rings. The van der Waals surface area contributed by atoms with Gasteiger partial charge in [0.15, 0.2) is 5.13 Å². The minimum Gasteiger partial charge on any atom is -0.317 e. The third-order valence-corrected chi connectivity index (χ3v) is 5.52. The lowest BCUT2D eigenvalue weighted by molar-refractivity contribution is 0.102. The van der Waals surface area contributed by atoms with Crippen molar-refractivity contribution in [2.24, 2.45) is 0 Å². The van der Waals surface area contributed by atoms with E-state index in [-0.39, 0.29) is 11.7 Å². The number of nitrogens with zero attached hydrogens (tertiary/aromatic N) is 2. The summed E-state index contributed by atoms with van der Waals surface area (Å²) in [4.78, 5) is 17.9. The number of hydrogen-bond acceptors (Lipinski definition) is 5. The Kier molecular flexibility index (Phi) is 4.77. The van der Waals surface area contributed by atoms with Crippen LogP contribution in [-0.2, 0) is 0 Å². The van der Waals surface area contributed by atoms with Gasteiger partial charge in [0, 0.05) is 16.6 Å². The standard InChI is InChI=1S/C18H18FN5OS/c19-13-3-1-11(2-4-13)14-9-15(24-23-14)17(25)22-18-21-10-16(26-18)12-5-7-20-8-6-12/h1-4,9-10,12,20H,5-8H2,(H,23,24)(H,21,22,25). The van der Waals surface area contributed by atoms with Crippen LogP contribution in [0.1, 0.15) is 34.1 Å². The summed E-state index contributed by atoms with van der Waals surface area (Å²) < 4.78 is 13.0. The predicted molar refractivity (Wildman–Crippen MR) is 98.9 cm³/mol. The lowest BCUT2D eigenvalue weighted by atomic mass is 9.97. The minimum atomic E-state index is -0.310. The molecule has 3 aromatic rings. The summed E-state index contributed by atoms with van der Waals surface area (Å²) in [5.74, 6) is -0.0933. The summed E-state index contributed by atoms with van der Waals surface area (Å²) in [6.07, 6.45) is 4.04. The number of amides is 1. The molecule has 26 heavy (non-hydrogen) atoms. The molecule has 0 saturated carbocycles. The summed E-state index contributed by atoms with van der Waals surface area (Å²) in [6, 6.07) is 7.62. The average Bonchev–Trinajstić information content (AvgIpc) is 3.33. The van der Waals surface area contributed by atoms with Crippen LogP contribution >= 0.6 is 11.3 Å². The highest BCUT2D eigenvalue weighted by molar-refractivity contribution is 7.15. The Morgan fingerprint density at radius 1 is 1.23 bits per heavy atom. The molecule has 1 fully saturated rings. The van der Waals surface area contributed by atoms with Crippen LogP contribution in [0.4, 0.5) is 9.52 Å². The van der Waals surface area contributed by atoms with E-state index in [4.69, 9.17) is 0 Å². The highest BCUT2D eigenvalue weighted by Gasteiger charge is 2.19. The highest BCUT2D eigenvalue weighted by Crippen LogP contribution is 2.31. The monoisotopic (exact) mass is 371 g/mol. The van der Waals surface area contributed by atoms with Gasteiger partial charge in [-0.15, -0.1) is 11.3 Å². The van der Waals surface area contributed by atoms with E-state index in [0.29, 0.717) is 22.4 Å². The molecule has 0 spiro atoms. The Morgan fingerprint density at radius 2 is 2.00 bits per heavy atom. The van der Waals surface area contributed by atoms with Crippen LogP contribution in [0.25, 0.3) is 11.3 Å². The fourth-order valence-electron chi connectivity index (χ4n) is 3.01. The van der Waals surface area contributed by atoms with Gasteiger partial charge in [-0.1, -0.05) is 0 Å². The van der Waals surface area contributed by atoms with Gasteiger partial charge >= 0.3 is 0 Å². The van der Waals surface area contributed by atoms with Crippen molar-refractivity contribution in [1.29, 1.82) is 0 Å². The molecule has 4 rings (SSSR count). The number of aromatic amines is 1. The maximum absolute atomic E-state index is 13.0. The number of carbonyl (C=O) groups excluding carboxylic acids is 1. The molecule has 3 heterocycles. The molecule has 1 aromatic carbocycles. The summed E-state index contributed by atoms with van der Waals surface area (Å²) in [6.45, 7) is 2.04. The van der Waals surface area contributed by atoms with Gasteiger partial charge < -0.3 is 5.32 Å². The fourth-order valence-corrected chi connectivity index (χ4v) is 3.99. The number of carbonyl (C=O) groups is 1. The highest BCUT2D eigenvalue weighted by atomic mass is 32.1. The summed E-state index contributed by atoms with van der Waals surface area (Å²) in [7, 11) is 0. The molecule has 6 nitrogen and oxygen atoms in total. The van der Waals surface area contributed by atoms with Crippen molar-refractivity contribution in [2.75, 3.05) is 18.4 Å². The molecule has 0 radical (unpaired) electrons. The smallest absolute Gasteiger partial charge is 0.275 e. The van der Waals surface area contributed by atoms with E-state index in [1.807, 2.05) is 6.20 Å². The summed E-state index contributed by atoms with van der Waals surface area (Å²) >= 11 is 1.52. The van der Waals surface area contributed by atoms with Gasteiger partial charge in [-0.25, -0.2) is 9.37 Å². The van der Waals surface area contributed by atoms with E-state index < -0.39 is 0 Å². The van der Waals surface area contributed by atoms with Gasteiger partial charge in [0.1, 0.15) is 11.5 Å². The molecule has 0 aliphatic carbocycles. The average molecular weight is 371 g/mol. The quantitative estimate of drug-likeness (QED) is 0.656. The Labute approximate surface area is 153 Å². The van der Waals surface area contributed by atoms with E-state index in [1.54, 1.807) is 18.2 Å². The Bertz CT molecular complexity index is 898. The van der Waals surface area contributed by atoms with Crippen molar-refractivity contribution in [3.63, 3.8) is 0 Å². The Morgan fingerprint density at radius 3 is 2.77 bits per heavy atom. The van der Waals surface area contributed by atoms with Gasteiger partial charge in [-0.05, 0) is 62.2 Å². The second kappa shape index (κ2) is 7.35. The van der Waals surface area contributed by atoms with Crippen molar-refractivity contribution >= 4 is 22.4 Å². The van der Waals surface area contributed by atoms with Crippen LogP contribution in [0.3, 0.4) is 0 Å². The predicted octanol–water partition coefficient (Wildman–Crippen LogP) is 3.39. The number of H-pyrrole nitrogens is 1. The normalized spacial score (nSPS) is 15.1. The molecule has 0 atom stereocenters. The van der Waals surface area contributed by atoms with Gasteiger partial charge in [-0.3, -0.25) is 15.2 Å². The SMILES string of the molecule is O=C(Nc1ncc(C2CCNCC2)s1)c1cc(-c2ccc(F)cc2)n[nH]1. The molecule has 1 saturated heterocycles. The van der Waals surface area contributed by atoms with E-state index in [2.05, 4.69) is 25.8 Å². The third-order valence-electron chi connectivity index (χ3n) is 4.45. The molecule has 2 aromatic heterocycles. The summed E-state index contributed by atoms with van der Waals surface area (Å²) in [5.41, 5.74) is 1.66. The molecular weight excluding hydrogens is 353 g/mol. The van der Waals surface area contributed by atoms with Gasteiger partial charge in [-0.2, -0.15) is 5.10 Å². The van der Waals surface area contributed by atoms with Gasteiger partial charge in [0.2, 0.25) is 0 Å². The second-order valence-electron chi connectivity index (χ2n) is 6.22. The number of rotatable bonds is 4. The number of anilines is 1. The number of thiazole rings is 1. The molecule has 8 heteroatoms. The zero-order valence-corrected chi connectivity index (χ0v) is 14.8. The van der Waals surface area contributed by atoms with Crippen molar-refractivity contribution < 1.29 is 9.18 Å². The zero-order valence-electron chi connectivity index (χ0n) is 14.0. The van der Waals surface area contributed by atoms with E-state index in [9.17, 15) is 9.18 Å². The van der Waals surface area contributed by atoms with E-state index in [0.717, 1.165) is 31.5 Å². The van der Waals surface area contributed by atoms with E-state index >= 15 is 0 Å². The molecular formula is C18H18FN5OS. The topological polar surface area (TPSA) is 82.7 Å². The van der Waals surface area contributed by atoms with Gasteiger partial charge in [0.25, 0.3) is 5.91 Å². The first kappa shape index (κ1) is 16.9. The van der Waals surface area contributed by atoms with Gasteiger partial charge in [0.05, 0.1) is 5.69 Å². The fraction of sp³-hybridized carbons (Fsp3) is 0.278. The first-order valence-corrected chi connectivity index (χ1v) is 9.30. The lowest BCUT2D eigenvalue weighted by Gasteiger charge is -2.20. The minimum absolute atomic E-state index is 0.294. The number of aromatic nitrogens is 3. The molecule has 1 aliphatic heterocycles. The Hall–Kier alpha value is -2.58. The van der Waals surface area contributed by atoms with Crippen LogP contribution in [0.5, 0.6) is 0 Å². The number of nitrogens with one attached hydrogen (secondary N) is 3. The number of halogens is 1. The molecule has 3 N–H and O–H groups in total. The maximum Gasteiger partial charge on any atom is 0.275 e. The molecule has 0 unspecified atom stereocenters. The van der Waals surface area contributed by atoms with Crippen molar-refractivity contribution in [2.45, 2.75) is 18.8 Å². The third kappa shape index (κ3) is 3.66. The lowest BCUT2D eigenvalue weighted by Crippen LogP contribution is -2.26. The number of benzene rings is 1. The molecule has 1 amide bonds. The number of piperidine rings is 1. The van der Waals surface area contributed by atoms with Crippen molar-refractivity contribution in [3.05, 3.63) is 52.9 Å². The molecule has 134 valence electrons. The largest absolute Gasteiger partial charge is 0.317 e. The first-order valence-electron chi connectivity index (χ1n) is 8.48. The number of hydrogen-bond donors (Lipinski definition) is 3. The van der Waals surface area contributed by atoms with Crippen molar-refractivity contribution in [1.82, 2.24) is 20.5 Å². The van der Waals surface area contributed by atoms with Crippen LogP contribution in [0, 0.1) is 5.82 Å². The second-order valence-corrected chi connectivity index (χ2v) is 7.28. The van der Waals surface area contributed by atoms with Crippen LogP contribution < -0.4 is 10.6 Å². The van der Waals surface area contributed by atoms with Crippen LogP contribution in [0.2, 0.25) is 0 Å². The molecule has 0 bridgehead atoms. The van der Waals surface area contributed by atoms with Crippen LogP contribution in [0.15, 0.2) is 36.5 Å². The summed E-state index contributed by atoms with van der Waals surface area (Å²) in [5, 5.41) is 13.6. The maximum atomic E-state index is 13.0. The first-order chi connectivity index (χ1) is 12.7. The van der Waals surface area contributed by atoms with Crippen LogP contribution in [-0.4, -0.2) is 34.2 Å². The Balaban J connectivity index is 1.44. The van der Waals surface area contributed by atoms with Crippen molar-refractivity contribution in [3.8, 4) is 11.3 Å². The zero-order chi connectivity index (χ0) is 17.9. The van der Waals surface area contributed by atoms with E-state index in [1.165, 1.54) is 28.3 Å².